The summed E-state index contributed by atoms with van der Waals surface area (Å²) in [7, 11) is 0. The number of benzene rings is 1. The molecular formula is C14H6Cl2F3N3O2. The number of nitrogens with zero attached hydrogens (tertiary/aromatic N) is 3. The molecule has 0 aliphatic heterocycles. The van der Waals surface area contributed by atoms with Crippen molar-refractivity contribution in [1.82, 2.24) is 14.8 Å². The zero-order valence-electron chi connectivity index (χ0n) is 11.5. The van der Waals surface area contributed by atoms with E-state index in [1.807, 2.05) is 0 Å². The highest BCUT2D eigenvalue weighted by atomic mass is 35.5. The first kappa shape index (κ1) is 16.5. The van der Waals surface area contributed by atoms with Gasteiger partial charge in [0.1, 0.15) is 0 Å². The maximum atomic E-state index is 12.8. The molecule has 0 N–H and O–H groups in total. The normalized spacial score (nSPS) is 11.7. The minimum atomic E-state index is -4.57. The Balaban J connectivity index is 2.07. The van der Waals surface area contributed by atoms with Crippen LogP contribution in [-0.4, -0.2) is 14.8 Å². The Labute approximate surface area is 142 Å². The number of rotatable bonds is 2. The fraction of sp³-hybridized carbons (Fsp3) is 0.0714. The fourth-order valence-electron chi connectivity index (χ4n) is 1.88. The summed E-state index contributed by atoms with van der Waals surface area (Å²) in [5.74, 6) is -1.43. The van der Waals surface area contributed by atoms with E-state index in [4.69, 9.17) is 27.6 Å². The van der Waals surface area contributed by atoms with Crippen molar-refractivity contribution < 1.29 is 17.6 Å². The van der Waals surface area contributed by atoms with Gasteiger partial charge in [0.25, 0.3) is 0 Å². The lowest BCUT2D eigenvalue weighted by atomic mass is 10.2. The third-order valence-corrected chi connectivity index (χ3v) is 3.74. The second kappa shape index (κ2) is 5.95. The van der Waals surface area contributed by atoms with Crippen molar-refractivity contribution >= 4 is 23.2 Å². The highest BCUT2D eigenvalue weighted by molar-refractivity contribution is 6.42. The standard InChI is InChI=1S/C14H6Cl2F3N3O2/c15-9-2-1-7(5-10(9)16)12-21-22(13(23)24-12)11-6-8(3-4-20-11)14(17,18)19/h1-6H. The quantitative estimate of drug-likeness (QED) is 0.672. The van der Waals surface area contributed by atoms with Crippen LogP contribution < -0.4 is 5.76 Å². The Morgan fingerprint density at radius 2 is 1.83 bits per heavy atom. The first-order valence-corrected chi connectivity index (χ1v) is 7.10. The Bertz CT molecular complexity index is 966. The lowest BCUT2D eigenvalue weighted by Gasteiger charge is -2.06. The van der Waals surface area contributed by atoms with Gasteiger partial charge >= 0.3 is 11.9 Å². The zero-order chi connectivity index (χ0) is 17.5. The maximum absolute atomic E-state index is 12.8. The first-order valence-electron chi connectivity index (χ1n) is 6.35. The molecule has 0 radical (unpaired) electrons. The summed E-state index contributed by atoms with van der Waals surface area (Å²) in [6, 6.07) is 5.88. The summed E-state index contributed by atoms with van der Waals surface area (Å²) >= 11 is 11.7. The summed E-state index contributed by atoms with van der Waals surface area (Å²) in [6.07, 6.45) is -3.64. The maximum Gasteiger partial charge on any atom is 0.443 e. The molecule has 2 aromatic heterocycles. The summed E-state index contributed by atoms with van der Waals surface area (Å²) in [5, 5.41) is 4.36. The molecule has 0 saturated carbocycles. The highest BCUT2D eigenvalue weighted by Gasteiger charge is 2.31. The van der Waals surface area contributed by atoms with Gasteiger partial charge in [0.2, 0.25) is 5.89 Å². The minimum absolute atomic E-state index is 0.127. The van der Waals surface area contributed by atoms with E-state index in [2.05, 4.69) is 10.1 Å². The van der Waals surface area contributed by atoms with E-state index in [0.717, 1.165) is 12.3 Å². The van der Waals surface area contributed by atoms with Crippen molar-refractivity contribution in [3.05, 3.63) is 62.7 Å². The molecule has 1 aromatic carbocycles. The molecular weight excluding hydrogens is 370 g/mol. The molecule has 0 unspecified atom stereocenters. The summed E-state index contributed by atoms with van der Waals surface area (Å²) in [5.41, 5.74) is -0.620. The van der Waals surface area contributed by atoms with Gasteiger partial charge in [0, 0.05) is 11.8 Å². The molecule has 0 atom stereocenters. The van der Waals surface area contributed by atoms with Crippen molar-refractivity contribution in [2.75, 3.05) is 0 Å². The van der Waals surface area contributed by atoms with E-state index in [1.165, 1.54) is 18.2 Å². The molecule has 0 aliphatic carbocycles. The van der Waals surface area contributed by atoms with Crippen LogP contribution in [0.1, 0.15) is 5.56 Å². The number of pyridine rings is 1. The second-order valence-electron chi connectivity index (χ2n) is 4.61. The monoisotopic (exact) mass is 375 g/mol. The molecule has 3 aromatic rings. The topological polar surface area (TPSA) is 60.9 Å². The van der Waals surface area contributed by atoms with E-state index >= 15 is 0 Å². The second-order valence-corrected chi connectivity index (χ2v) is 5.43. The first-order chi connectivity index (χ1) is 11.3. The van der Waals surface area contributed by atoms with Crippen LogP contribution in [0.3, 0.4) is 0 Å². The average molecular weight is 376 g/mol. The molecule has 10 heteroatoms. The van der Waals surface area contributed by atoms with Crippen molar-refractivity contribution in [3.63, 3.8) is 0 Å². The van der Waals surface area contributed by atoms with Gasteiger partial charge in [-0.05, 0) is 30.3 Å². The molecule has 24 heavy (non-hydrogen) atoms. The zero-order valence-corrected chi connectivity index (χ0v) is 13.0. The molecule has 0 saturated heterocycles. The summed E-state index contributed by atoms with van der Waals surface area (Å²) in [4.78, 5) is 15.6. The van der Waals surface area contributed by atoms with Gasteiger partial charge in [0.05, 0.1) is 15.6 Å². The highest BCUT2D eigenvalue weighted by Crippen LogP contribution is 2.30. The number of hydrogen-bond donors (Lipinski definition) is 0. The smallest absolute Gasteiger partial charge is 0.387 e. The van der Waals surface area contributed by atoms with Crippen molar-refractivity contribution in [2.24, 2.45) is 0 Å². The van der Waals surface area contributed by atoms with Crippen LogP contribution in [0.2, 0.25) is 10.0 Å². The van der Waals surface area contributed by atoms with Gasteiger partial charge < -0.3 is 4.42 Å². The predicted octanol–water partition coefficient (Wildman–Crippen LogP) is 4.21. The molecule has 2 heterocycles. The van der Waals surface area contributed by atoms with Gasteiger partial charge in [-0.3, -0.25) is 0 Å². The number of halogens is 5. The minimum Gasteiger partial charge on any atom is -0.387 e. The molecule has 3 rings (SSSR count). The van der Waals surface area contributed by atoms with E-state index in [1.54, 1.807) is 0 Å². The Hall–Kier alpha value is -2.32. The van der Waals surface area contributed by atoms with Crippen LogP contribution in [0, 0.1) is 0 Å². The SMILES string of the molecule is O=c1oc(-c2ccc(Cl)c(Cl)c2)nn1-c1cc(C(F)(F)F)ccn1. The van der Waals surface area contributed by atoms with Crippen LogP contribution in [0.5, 0.6) is 0 Å². The third-order valence-electron chi connectivity index (χ3n) is 3.00. The van der Waals surface area contributed by atoms with Crippen LogP contribution in [0.15, 0.2) is 45.7 Å². The lowest BCUT2D eigenvalue weighted by molar-refractivity contribution is -0.137. The predicted molar refractivity (Wildman–Crippen MR) is 80.4 cm³/mol. The number of hydrogen-bond acceptors (Lipinski definition) is 4. The lowest BCUT2D eigenvalue weighted by Crippen LogP contribution is -2.16. The average Bonchev–Trinajstić information content (AvgIpc) is 2.91. The molecule has 0 spiro atoms. The van der Waals surface area contributed by atoms with Gasteiger partial charge in [-0.2, -0.15) is 13.2 Å². The fourth-order valence-corrected chi connectivity index (χ4v) is 2.18. The van der Waals surface area contributed by atoms with Crippen LogP contribution in [0.25, 0.3) is 17.3 Å². The third kappa shape index (κ3) is 3.15. The Morgan fingerprint density at radius 1 is 1.08 bits per heavy atom. The van der Waals surface area contributed by atoms with E-state index in [9.17, 15) is 18.0 Å². The molecule has 0 amide bonds. The molecule has 124 valence electrons. The largest absolute Gasteiger partial charge is 0.443 e. The number of alkyl halides is 3. The molecule has 5 nitrogen and oxygen atoms in total. The van der Waals surface area contributed by atoms with Crippen LogP contribution in [0.4, 0.5) is 13.2 Å². The molecule has 0 aliphatic rings. The Morgan fingerprint density at radius 3 is 2.50 bits per heavy atom. The Kier molecular flexibility index (Phi) is 4.10. The van der Waals surface area contributed by atoms with Crippen molar-refractivity contribution in [1.29, 1.82) is 0 Å². The molecule has 0 fully saturated rings. The van der Waals surface area contributed by atoms with E-state index < -0.39 is 17.5 Å². The van der Waals surface area contributed by atoms with Crippen LogP contribution in [-0.2, 0) is 6.18 Å². The van der Waals surface area contributed by atoms with Gasteiger partial charge in [0.15, 0.2) is 5.82 Å². The number of aromatic nitrogens is 3. The van der Waals surface area contributed by atoms with Crippen molar-refractivity contribution in [2.45, 2.75) is 6.18 Å². The summed E-state index contributed by atoms with van der Waals surface area (Å²) < 4.78 is 43.8. The van der Waals surface area contributed by atoms with Gasteiger partial charge in [-0.15, -0.1) is 9.78 Å². The van der Waals surface area contributed by atoms with Gasteiger partial charge in [-0.1, -0.05) is 23.2 Å². The molecule has 0 bridgehead atoms. The van der Waals surface area contributed by atoms with Gasteiger partial charge in [-0.25, -0.2) is 9.78 Å². The van der Waals surface area contributed by atoms with Crippen molar-refractivity contribution in [3.8, 4) is 17.3 Å². The van der Waals surface area contributed by atoms with Crippen LogP contribution >= 0.6 is 23.2 Å². The van der Waals surface area contributed by atoms with E-state index in [0.29, 0.717) is 21.3 Å². The summed E-state index contributed by atoms with van der Waals surface area (Å²) in [6.45, 7) is 0. The van der Waals surface area contributed by atoms with E-state index in [-0.39, 0.29) is 16.7 Å².